The highest BCUT2D eigenvalue weighted by Crippen LogP contribution is 2.31. The largest absolute Gasteiger partial charge is 0.312 e. The van der Waals surface area contributed by atoms with Crippen LogP contribution in [0.1, 0.15) is 22.3 Å². The third-order valence-electron chi connectivity index (χ3n) is 4.95. The van der Waals surface area contributed by atoms with Crippen molar-refractivity contribution in [1.82, 2.24) is 4.31 Å². The minimum absolute atomic E-state index is 0.0372. The number of sulfonamides is 1. The maximum absolute atomic E-state index is 12.8. The molecule has 2 aromatic rings. The molecular weight excluding hydrogens is 348 g/mol. The Hall–Kier alpha value is -2.18. The summed E-state index contributed by atoms with van der Waals surface area (Å²) in [6.07, 6.45) is 1.02. The Morgan fingerprint density at radius 1 is 1.08 bits per heavy atom. The van der Waals surface area contributed by atoms with Crippen molar-refractivity contribution in [2.45, 2.75) is 31.6 Å². The molecule has 26 heavy (non-hydrogen) atoms. The molecule has 2 aromatic carbocycles. The summed E-state index contributed by atoms with van der Waals surface area (Å²) in [5.74, 6) is 0.0372. The van der Waals surface area contributed by atoms with Gasteiger partial charge in [0.15, 0.2) is 0 Å². The van der Waals surface area contributed by atoms with E-state index in [1.165, 1.54) is 29.5 Å². The van der Waals surface area contributed by atoms with Crippen LogP contribution in [-0.4, -0.2) is 39.3 Å². The zero-order valence-corrected chi connectivity index (χ0v) is 16.4. The van der Waals surface area contributed by atoms with Crippen LogP contribution >= 0.6 is 0 Å². The van der Waals surface area contributed by atoms with Crippen LogP contribution in [-0.2, 0) is 27.7 Å². The van der Waals surface area contributed by atoms with Crippen LogP contribution in [0.2, 0.25) is 0 Å². The highest BCUT2D eigenvalue weighted by Gasteiger charge is 2.27. The molecule has 1 aliphatic rings. The highest BCUT2D eigenvalue weighted by molar-refractivity contribution is 7.89. The van der Waals surface area contributed by atoms with Crippen LogP contribution < -0.4 is 4.90 Å². The van der Waals surface area contributed by atoms with Gasteiger partial charge in [-0.3, -0.25) is 4.79 Å². The topological polar surface area (TPSA) is 57.7 Å². The molecule has 1 heterocycles. The van der Waals surface area contributed by atoms with E-state index in [1.54, 1.807) is 23.1 Å². The van der Waals surface area contributed by atoms with Gasteiger partial charge in [-0.25, -0.2) is 12.7 Å². The molecule has 0 N–H and O–H groups in total. The number of amides is 1. The lowest BCUT2D eigenvalue weighted by Crippen LogP contribution is -2.30. The van der Waals surface area contributed by atoms with Crippen LogP contribution in [0.3, 0.4) is 0 Å². The normalized spacial score (nSPS) is 14.0. The van der Waals surface area contributed by atoms with Crippen LogP contribution in [0.4, 0.5) is 5.69 Å². The third kappa shape index (κ3) is 3.39. The van der Waals surface area contributed by atoms with Crippen molar-refractivity contribution in [1.29, 1.82) is 0 Å². The molecule has 0 saturated carbocycles. The van der Waals surface area contributed by atoms with E-state index in [4.69, 9.17) is 0 Å². The molecule has 0 spiro atoms. The molecule has 0 radical (unpaired) electrons. The van der Waals surface area contributed by atoms with Gasteiger partial charge in [-0.2, -0.15) is 0 Å². The number of carbonyl (C=O) groups is 1. The summed E-state index contributed by atoms with van der Waals surface area (Å²) in [5, 5.41) is 0. The molecule has 3 rings (SSSR count). The van der Waals surface area contributed by atoms with E-state index >= 15 is 0 Å². The third-order valence-corrected chi connectivity index (χ3v) is 6.76. The number of nitrogens with zero attached hydrogens (tertiary/aromatic N) is 2. The predicted molar refractivity (Wildman–Crippen MR) is 103 cm³/mol. The van der Waals surface area contributed by atoms with E-state index in [2.05, 4.69) is 13.0 Å². The van der Waals surface area contributed by atoms with Crippen LogP contribution in [0, 0.1) is 13.8 Å². The lowest BCUT2D eigenvalue weighted by Gasteiger charge is -2.18. The van der Waals surface area contributed by atoms with Gasteiger partial charge in [-0.15, -0.1) is 0 Å². The molecule has 0 saturated heterocycles. The van der Waals surface area contributed by atoms with Crippen molar-refractivity contribution < 1.29 is 13.2 Å². The van der Waals surface area contributed by atoms with Crippen molar-refractivity contribution in [3.05, 3.63) is 58.7 Å². The highest BCUT2D eigenvalue weighted by atomic mass is 32.2. The number of benzene rings is 2. The van der Waals surface area contributed by atoms with Gasteiger partial charge in [-0.1, -0.05) is 18.2 Å². The number of anilines is 1. The standard InChI is InChI=1S/C20H24N2O3S/c1-14-5-6-16(11-15(14)2)12-20(23)22-10-9-17-13-18(7-8-19(17)22)26(24,25)21(3)4/h5-8,11,13H,9-10,12H2,1-4H3. The van der Waals surface area contributed by atoms with Crippen LogP contribution in [0.25, 0.3) is 0 Å². The zero-order valence-electron chi connectivity index (χ0n) is 15.6. The van der Waals surface area contributed by atoms with Crippen LogP contribution in [0.5, 0.6) is 0 Å². The summed E-state index contributed by atoms with van der Waals surface area (Å²) in [4.78, 5) is 14.8. The fraction of sp³-hybridized carbons (Fsp3) is 0.350. The Morgan fingerprint density at radius 2 is 1.81 bits per heavy atom. The number of carbonyl (C=O) groups excluding carboxylic acids is 1. The van der Waals surface area contributed by atoms with Gasteiger partial charge in [0.25, 0.3) is 0 Å². The molecule has 6 heteroatoms. The van der Waals surface area contributed by atoms with Crippen molar-refractivity contribution in [3.8, 4) is 0 Å². The Kier molecular flexibility index (Phi) is 4.90. The average Bonchev–Trinajstić information content (AvgIpc) is 3.01. The van der Waals surface area contributed by atoms with Crippen molar-refractivity contribution in [3.63, 3.8) is 0 Å². The Morgan fingerprint density at radius 3 is 2.46 bits per heavy atom. The fourth-order valence-electron chi connectivity index (χ4n) is 3.19. The Bertz CT molecular complexity index is 965. The van der Waals surface area contributed by atoms with Crippen molar-refractivity contribution >= 4 is 21.6 Å². The Balaban J connectivity index is 1.83. The quantitative estimate of drug-likeness (QED) is 0.829. The van der Waals surface area contributed by atoms with Gasteiger partial charge in [0.2, 0.25) is 15.9 Å². The molecule has 0 aromatic heterocycles. The average molecular weight is 372 g/mol. The number of rotatable bonds is 4. The molecule has 0 aliphatic carbocycles. The predicted octanol–water partition coefficient (Wildman–Crippen LogP) is 2.69. The molecular formula is C20H24N2O3S. The first-order chi connectivity index (χ1) is 12.2. The number of aryl methyl sites for hydroxylation is 2. The second kappa shape index (κ2) is 6.85. The Labute approximate surface area is 155 Å². The van der Waals surface area contributed by atoms with E-state index < -0.39 is 10.0 Å². The summed E-state index contributed by atoms with van der Waals surface area (Å²) in [5.41, 5.74) is 5.11. The van der Waals surface area contributed by atoms with Crippen molar-refractivity contribution in [2.75, 3.05) is 25.5 Å². The maximum atomic E-state index is 12.8. The first kappa shape index (κ1) is 18.6. The first-order valence-electron chi connectivity index (χ1n) is 8.62. The van der Waals surface area contributed by atoms with Gasteiger partial charge < -0.3 is 4.90 Å². The summed E-state index contributed by atoms with van der Waals surface area (Å²) in [6.45, 7) is 4.68. The minimum Gasteiger partial charge on any atom is -0.312 e. The van der Waals surface area contributed by atoms with Crippen molar-refractivity contribution in [2.24, 2.45) is 0 Å². The lowest BCUT2D eigenvalue weighted by atomic mass is 10.0. The zero-order chi connectivity index (χ0) is 19.1. The molecule has 1 amide bonds. The lowest BCUT2D eigenvalue weighted by molar-refractivity contribution is -0.117. The second-order valence-electron chi connectivity index (χ2n) is 6.97. The van der Waals surface area contributed by atoms with Gasteiger partial charge in [-0.05, 0) is 60.7 Å². The van der Waals surface area contributed by atoms with E-state index in [1.807, 2.05) is 19.1 Å². The van der Waals surface area contributed by atoms with Gasteiger partial charge in [0, 0.05) is 26.3 Å². The number of hydrogen-bond donors (Lipinski definition) is 0. The van der Waals surface area contributed by atoms with E-state index in [0.717, 1.165) is 16.8 Å². The van der Waals surface area contributed by atoms with E-state index in [9.17, 15) is 13.2 Å². The SMILES string of the molecule is Cc1ccc(CC(=O)N2CCc3cc(S(=O)(=O)N(C)C)ccc32)cc1C. The van der Waals surface area contributed by atoms with E-state index in [-0.39, 0.29) is 10.8 Å². The molecule has 0 bridgehead atoms. The molecule has 0 unspecified atom stereocenters. The van der Waals surface area contributed by atoms with Gasteiger partial charge in [0.05, 0.1) is 11.3 Å². The smallest absolute Gasteiger partial charge is 0.242 e. The summed E-state index contributed by atoms with van der Waals surface area (Å²) >= 11 is 0. The summed E-state index contributed by atoms with van der Waals surface area (Å²) < 4.78 is 25.8. The molecule has 0 fully saturated rings. The monoisotopic (exact) mass is 372 g/mol. The summed E-state index contributed by atoms with van der Waals surface area (Å²) in [7, 11) is -0.432. The van der Waals surface area contributed by atoms with Gasteiger partial charge in [0.1, 0.15) is 0 Å². The fourth-order valence-corrected chi connectivity index (χ4v) is 4.14. The number of hydrogen-bond acceptors (Lipinski definition) is 3. The molecule has 0 atom stereocenters. The molecule has 138 valence electrons. The van der Waals surface area contributed by atoms with Crippen LogP contribution in [0.15, 0.2) is 41.3 Å². The summed E-state index contributed by atoms with van der Waals surface area (Å²) in [6, 6.07) is 11.1. The second-order valence-corrected chi connectivity index (χ2v) is 9.12. The molecule has 5 nitrogen and oxygen atoms in total. The van der Waals surface area contributed by atoms with E-state index in [0.29, 0.717) is 19.4 Å². The first-order valence-corrected chi connectivity index (χ1v) is 10.1. The number of fused-ring (bicyclic) bond motifs is 1. The van der Waals surface area contributed by atoms with Gasteiger partial charge >= 0.3 is 0 Å². The molecule has 1 aliphatic heterocycles. The minimum atomic E-state index is -3.46. The maximum Gasteiger partial charge on any atom is 0.242 e.